The molecule has 0 saturated carbocycles. The molecule has 5 rings (SSSR count). The van der Waals surface area contributed by atoms with Gasteiger partial charge in [-0.2, -0.15) is 0 Å². The van der Waals surface area contributed by atoms with Gasteiger partial charge in [-0.15, -0.1) is 0 Å². The van der Waals surface area contributed by atoms with Crippen molar-refractivity contribution in [3.63, 3.8) is 0 Å². The zero-order chi connectivity index (χ0) is 27.4. The predicted octanol–water partition coefficient (Wildman–Crippen LogP) is 6.45. The number of rotatable bonds is 5. The van der Waals surface area contributed by atoms with Gasteiger partial charge in [-0.3, -0.25) is 19.2 Å². The topological polar surface area (TPSA) is 86.7 Å². The van der Waals surface area contributed by atoms with E-state index in [-0.39, 0.29) is 39.2 Å². The van der Waals surface area contributed by atoms with Gasteiger partial charge >= 0.3 is 0 Å². The lowest BCUT2D eigenvalue weighted by molar-refractivity contribution is 0.0897. The van der Waals surface area contributed by atoms with Crippen LogP contribution in [0.1, 0.15) is 80.6 Å². The molecular weight excluding hydrogens is 504 g/mol. The highest BCUT2D eigenvalue weighted by molar-refractivity contribution is 6.52. The van der Waals surface area contributed by atoms with Crippen LogP contribution in [0.4, 0.5) is 0 Å². The Morgan fingerprint density at radius 2 is 1.58 bits per heavy atom. The largest absolute Gasteiger partial charge is 0.492 e. The van der Waals surface area contributed by atoms with Crippen LogP contribution in [0.25, 0.3) is 6.08 Å². The summed E-state index contributed by atoms with van der Waals surface area (Å²) in [5, 5.41) is -0.420. The third-order valence-corrected chi connectivity index (χ3v) is 7.35. The van der Waals surface area contributed by atoms with E-state index in [2.05, 4.69) is 6.08 Å². The predicted molar refractivity (Wildman–Crippen MR) is 144 cm³/mol. The maximum Gasteiger partial charge on any atom is 0.229 e. The quantitative estimate of drug-likeness (QED) is 0.414. The molecule has 0 unspecified atom stereocenters. The van der Waals surface area contributed by atoms with E-state index in [0.29, 0.717) is 11.3 Å². The van der Waals surface area contributed by atoms with Crippen molar-refractivity contribution >= 4 is 40.8 Å². The number of ketones is 4. The number of Topliss-reactive ketones (excluding diaryl/α,β-unsaturated/α-hetero) is 4. The summed E-state index contributed by atoms with van der Waals surface area (Å²) >= 11 is 6.38. The molecular formula is C31H25ClO6. The average molecular weight is 529 g/mol. The summed E-state index contributed by atoms with van der Waals surface area (Å²) in [5.41, 5.74) is 0.932. The second-order valence-corrected chi connectivity index (χ2v) is 10.3. The normalized spacial score (nSPS) is 20.1. The lowest BCUT2D eigenvalue weighted by atomic mass is 9.77. The van der Waals surface area contributed by atoms with Gasteiger partial charge in [-0.1, -0.05) is 53.6 Å². The molecule has 0 amide bonds. The van der Waals surface area contributed by atoms with Crippen LogP contribution in [-0.4, -0.2) is 35.8 Å². The van der Waals surface area contributed by atoms with Gasteiger partial charge in [0.15, 0.2) is 17.3 Å². The van der Waals surface area contributed by atoms with Crippen LogP contribution in [0.5, 0.6) is 5.75 Å². The van der Waals surface area contributed by atoms with Gasteiger partial charge in [0.2, 0.25) is 11.6 Å². The summed E-state index contributed by atoms with van der Waals surface area (Å²) in [7, 11) is 1.24. The number of carbonyl (C=O) groups excluding carboxylic acids is 4. The second-order valence-electron chi connectivity index (χ2n) is 9.93. The van der Waals surface area contributed by atoms with Crippen molar-refractivity contribution in [3.8, 4) is 5.75 Å². The molecule has 38 heavy (non-hydrogen) atoms. The molecule has 2 aromatic rings. The summed E-state index contributed by atoms with van der Waals surface area (Å²) in [6.07, 6.45) is 7.38. The minimum atomic E-state index is -0.627. The summed E-state index contributed by atoms with van der Waals surface area (Å²) < 4.78 is 11.7. The molecule has 0 N–H and O–H groups in total. The minimum Gasteiger partial charge on any atom is -0.492 e. The summed E-state index contributed by atoms with van der Waals surface area (Å²) in [6, 6.07) is 9.37. The molecule has 0 fully saturated rings. The van der Waals surface area contributed by atoms with Crippen molar-refractivity contribution in [2.24, 2.45) is 0 Å². The number of hydrogen-bond donors (Lipinski definition) is 0. The molecule has 1 atom stereocenters. The first-order chi connectivity index (χ1) is 18.1. The second kappa shape index (κ2) is 9.37. The first kappa shape index (κ1) is 25.6. The van der Waals surface area contributed by atoms with E-state index in [1.54, 1.807) is 24.3 Å². The van der Waals surface area contributed by atoms with Gasteiger partial charge in [0.25, 0.3) is 0 Å². The number of ether oxygens (including phenoxy) is 2. The van der Waals surface area contributed by atoms with Crippen molar-refractivity contribution in [1.82, 2.24) is 0 Å². The van der Waals surface area contributed by atoms with E-state index in [4.69, 9.17) is 21.1 Å². The molecule has 0 spiro atoms. The van der Waals surface area contributed by atoms with Gasteiger partial charge in [-0.05, 0) is 51.8 Å². The maximum absolute atomic E-state index is 13.8. The molecule has 1 aliphatic heterocycles. The van der Waals surface area contributed by atoms with Gasteiger partial charge in [-0.25, -0.2) is 0 Å². The molecule has 2 aromatic carbocycles. The molecule has 0 bridgehead atoms. The highest BCUT2D eigenvalue weighted by Gasteiger charge is 2.43. The number of carbonyl (C=O) groups is 4. The Bertz CT molecular complexity index is 1580. The lowest BCUT2D eigenvalue weighted by Gasteiger charge is -2.33. The fourth-order valence-electron chi connectivity index (χ4n) is 5.07. The first-order valence-electron chi connectivity index (χ1n) is 12.2. The SMILES string of the molecule is COC1=C(C2=C(Cl)C(=O)c3ccccc3C2=O)C(=O)c2ccc3c(c2C1=O)C=C[C@@](C)(CCC=C(C)C)O3. The molecule has 2 aliphatic carbocycles. The van der Waals surface area contributed by atoms with Gasteiger partial charge in [0.05, 0.1) is 18.3 Å². The van der Waals surface area contributed by atoms with Crippen molar-refractivity contribution in [2.75, 3.05) is 7.11 Å². The molecule has 0 radical (unpaired) electrons. The number of halogens is 1. The zero-order valence-electron chi connectivity index (χ0n) is 21.4. The fourth-order valence-corrected chi connectivity index (χ4v) is 5.35. The van der Waals surface area contributed by atoms with Crippen molar-refractivity contribution < 1.29 is 28.7 Å². The van der Waals surface area contributed by atoms with E-state index in [9.17, 15) is 19.2 Å². The number of benzene rings is 2. The molecule has 6 nitrogen and oxygen atoms in total. The van der Waals surface area contributed by atoms with E-state index in [1.807, 2.05) is 26.8 Å². The maximum atomic E-state index is 13.8. The molecule has 3 aliphatic rings. The van der Waals surface area contributed by atoms with Crippen LogP contribution in [0.2, 0.25) is 0 Å². The number of allylic oxidation sites excluding steroid dienone is 6. The van der Waals surface area contributed by atoms with Crippen molar-refractivity contribution in [1.29, 1.82) is 0 Å². The van der Waals surface area contributed by atoms with Crippen LogP contribution in [0, 0.1) is 0 Å². The van der Waals surface area contributed by atoms with Crippen molar-refractivity contribution in [3.05, 3.63) is 104 Å². The third-order valence-electron chi connectivity index (χ3n) is 6.99. The minimum absolute atomic E-state index is 0.0852. The highest BCUT2D eigenvalue weighted by Crippen LogP contribution is 2.43. The molecule has 7 heteroatoms. The smallest absolute Gasteiger partial charge is 0.229 e. The Kier molecular flexibility index (Phi) is 6.32. The Morgan fingerprint density at radius 1 is 0.921 bits per heavy atom. The van der Waals surface area contributed by atoms with Gasteiger partial charge in [0, 0.05) is 27.8 Å². The molecule has 0 saturated heterocycles. The van der Waals surface area contributed by atoms with Gasteiger partial charge in [0.1, 0.15) is 16.4 Å². The highest BCUT2D eigenvalue weighted by atomic mass is 35.5. The Balaban J connectivity index is 1.61. The summed E-state index contributed by atoms with van der Waals surface area (Å²) in [6.45, 7) is 6.05. The Labute approximate surface area is 225 Å². The monoisotopic (exact) mass is 528 g/mol. The zero-order valence-corrected chi connectivity index (χ0v) is 22.2. The average Bonchev–Trinajstić information content (AvgIpc) is 2.89. The molecule has 192 valence electrons. The number of methoxy groups -OCH3 is 1. The standard InChI is InChI=1S/C31H25ClO6/c1-16(2)8-7-14-31(3)15-13-19-21(38-31)12-11-20-22(19)29(36)30(37-4)24(27(20)34)23-25(32)28(35)18-10-6-5-9-17(18)26(23)33/h5-6,8-13,15H,7,14H2,1-4H3/t31-/m1/s1. The van der Waals surface area contributed by atoms with E-state index < -0.39 is 33.8 Å². The van der Waals surface area contributed by atoms with E-state index in [0.717, 1.165) is 12.8 Å². The third kappa shape index (κ3) is 3.96. The number of fused-ring (bicyclic) bond motifs is 4. The van der Waals surface area contributed by atoms with E-state index >= 15 is 0 Å². The van der Waals surface area contributed by atoms with Crippen LogP contribution in [-0.2, 0) is 4.74 Å². The first-order valence-corrected chi connectivity index (χ1v) is 12.6. The molecule has 1 heterocycles. The Morgan fingerprint density at radius 3 is 2.24 bits per heavy atom. The fraction of sp³-hybridized carbons (Fsp3) is 0.226. The van der Waals surface area contributed by atoms with Crippen LogP contribution < -0.4 is 4.74 Å². The lowest BCUT2D eigenvalue weighted by Crippen LogP contribution is -2.34. The van der Waals surface area contributed by atoms with Crippen LogP contribution in [0.3, 0.4) is 0 Å². The van der Waals surface area contributed by atoms with Crippen molar-refractivity contribution in [2.45, 2.75) is 39.2 Å². The molecule has 0 aromatic heterocycles. The number of hydrogen-bond acceptors (Lipinski definition) is 6. The Hall–Kier alpha value is -4.03. The summed E-state index contributed by atoms with van der Waals surface area (Å²) in [4.78, 5) is 54.0. The van der Waals surface area contributed by atoms with Crippen LogP contribution in [0.15, 0.2) is 76.1 Å². The summed E-state index contributed by atoms with van der Waals surface area (Å²) in [5.74, 6) is -2.30. The van der Waals surface area contributed by atoms with Crippen LogP contribution >= 0.6 is 11.6 Å². The van der Waals surface area contributed by atoms with E-state index in [1.165, 1.54) is 30.9 Å². The van der Waals surface area contributed by atoms with Gasteiger partial charge < -0.3 is 9.47 Å².